The van der Waals surface area contributed by atoms with Crippen LogP contribution in [0.3, 0.4) is 0 Å². The van der Waals surface area contributed by atoms with Crippen molar-refractivity contribution < 1.29 is 9.32 Å². The second kappa shape index (κ2) is 9.95. The molecule has 4 aromatic rings. The van der Waals surface area contributed by atoms with Gasteiger partial charge in [-0.1, -0.05) is 53.2 Å². The highest BCUT2D eigenvalue weighted by atomic mass is 35.5. The van der Waals surface area contributed by atoms with Gasteiger partial charge in [0.2, 0.25) is 5.91 Å². The minimum absolute atomic E-state index is 0.0559. The Morgan fingerprint density at radius 2 is 1.86 bits per heavy atom. The Morgan fingerprint density at radius 3 is 2.59 bits per heavy atom. The molecule has 1 saturated carbocycles. The minimum Gasteiger partial charge on any atom is -0.360 e. The van der Waals surface area contributed by atoms with Gasteiger partial charge in [-0.2, -0.15) is 0 Å². The maximum absolute atomic E-state index is 13.7. The number of nitrogens with zero attached hydrogens (tertiary/aromatic N) is 2. The number of aromatic nitrogens is 2. The van der Waals surface area contributed by atoms with E-state index in [4.69, 9.17) is 16.1 Å². The second-order valence-electron chi connectivity index (χ2n) is 11.0. The van der Waals surface area contributed by atoms with Gasteiger partial charge in [0.25, 0.3) is 5.56 Å². The maximum atomic E-state index is 13.7. The Labute approximate surface area is 221 Å². The summed E-state index contributed by atoms with van der Waals surface area (Å²) in [6.07, 6.45) is 3.25. The summed E-state index contributed by atoms with van der Waals surface area (Å²) >= 11 is 6.59. The summed E-state index contributed by atoms with van der Waals surface area (Å²) in [5.41, 5.74) is 1.79. The number of halogens is 1. The number of pyridine rings is 1. The molecule has 1 fully saturated rings. The molecule has 1 aliphatic carbocycles. The van der Waals surface area contributed by atoms with Crippen molar-refractivity contribution >= 4 is 39.3 Å². The first-order chi connectivity index (χ1) is 17.6. The van der Waals surface area contributed by atoms with Crippen molar-refractivity contribution in [3.05, 3.63) is 75.2 Å². The van der Waals surface area contributed by atoms with E-state index in [2.05, 4.69) is 36.6 Å². The van der Waals surface area contributed by atoms with E-state index in [9.17, 15) is 9.59 Å². The van der Waals surface area contributed by atoms with Crippen LogP contribution in [0, 0.1) is 6.92 Å². The van der Waals surface area contributed by atoms with E-state index in [0.717, 1.165) is 35.7 Å². The lowest BCUT2D eigenvalue weighted by molar-refractivity contribution is -0.124. The number of fused-ring (bicyclic) bond motifs is 3. The Kier molecular flexibility index (Phi) is 6.86. The zero-order valence-corrected chi connectivity index (χ0v) is 22.4. The molecule has 37 heavy (non-hydrogen) atoms. The normalized spacial score (nSPS) is 19.3. The molecule has 194 valence electrons. The molecule has 1 amide bonds. The lowest BCUT2D eigenvalue weighted by Gasteiger charge is -2.34. The van der Waals surface area contributed by atoms with Crippen LogP contribution in [-0.4, -0.2) is 27.2 Å². The fraction of sp³-hybridized carbons (Fsp3) is 0.414. The molecule has 1 aliphatic rings. The van der Waals surface area contributed by atoms with E-state index in [-0.39, 0.29) is 29.1 Å². The van der Waals surface area contributed by atoms with Gasteiger partial charge < -0.3 is 14.4 Å². The molecule has 7 nitrogen and oxygen atoms in total. The number of carbonyl (C=O) groups excluding carboxylic acids is 1. The Hall–Kier alpha value is -3.16. The zero-order valence-electron chi connectivity index (χ0n) is 21.7. The summed E-state index contributed by atoms with van der Waals surface area (Å²) in [5, 5.41) is 12.6. The fourth-order valence-electron chi connectivity index (χ4n) is 5.53. The van der Waals surface area contributed by atoms with Crippen molar-refractivity contribution in [3.63, 3.8) is 0 Å². The first kappa shape index (κ1) is 25.5. The van der Waals surface area contributed by atoms with Crippen LogP contribution in [0.5, 0.6) is 0 Å². The molecular weight excluding hydrogens is 488 g/mol. The molecule has 5 rings (SSSR count). The molecule has 0 unspecified atom stereocenters. The monoisotopic (exact) mass is 520 g/mol. The lowest BCUT2D eigenvalue weighted by Crippen LogP contribution is -2.49. The van der Waals surface area contributed by atoms with Gasteiger partial charge in [-0.05, 0) is 71.1 Å². The van der Waals surface area contributed by atoms with Gasteiger partial charge in [0.05, 0.1) is 10.5 Å². The average Bonchev–Trinajstić information content (AvgIpc) is 3.24. The summed E-state index contributed by atoms with van der Waals surface area (Å²) < 4.78 is 7.24. The van der Waals surface area contributed by atoms with Crippen LogP contribution in [0.25, 0.3) is 21.8 Å². The largest absolute Gasteiger partial charge is 0.360 e. The number of hydrogen-bond acceptors (Lipinski definition) is 5. The predicted octanol–water partition coefficient (Wildman–Crippen LogP) is 5.83. The van der Waals surface area contributed by atoms with Gasteiger partial charge >= 0.3 is 0 Å². The van der Waals surface area contributed by atoms with Crippen molar-refractivity contribution in [2.24, 2.45) is 0 Å². The number of aryl methyl sites for hydroxylation is 1. The number of hydrogen-bond donors (Lipinski definition) is 2. The van der Waals surface area contributed by atoms with Gasteiger partial charge in [0.15, 0.2) is 0 Å². The molecule has 0 spiro atoms. The van der Waals surface area contributed by atoms with E-state index >= 15 is 0 Å². The van der Waals surface area contributed by atoms with Crippen molar-refractivity contribution in [1.82, 2.24) is 20.4 Å². The van der Waals surface area contributed by atoms with E-state index in [1.165, 1.54) is 0 Å². The first-order valence-corrected chi connectivity index (χ1v) is 13.2. The Morgan fingerprint density at radius 1 is 1.11 bits per heavy atom. The zero-order chi connectivity index (χ0) is 26.3. The molecule has 2 aromatic heterocycles. The van der Waals surface area contributed by atoms with Crippen LogP contribution in [0.1, 0.15) is 69.9 Å². The van der Waals surface area contributed by atoms with Crippen molar-refractivity contribution in [2.75, 3.05) is 0 Å². The van der Waals surface area contributed by atoms with E-state index in [1.54, 1.807) is 13.0 Å². The SMILES string of the molecule is Cc1onc2c1c(=O)n([C@H]1CCC[C@@H](NC(=O)[C@H](NC(C)(C)C)c3ccccc3)C1)c1cccc(Cl)c21. The number of carbonyl (C=O) groups is 1. The molecule has 8 heteroatoms. The van der Waals surface area contributed by atoms with Crippen LogP contribution in [0.2, 0.25) is 5.02 Å². The number of benzene rings is 2. The highest BCUT2D eigenvalue weighted by Crippen LogP contribution is 2.35. The smallest absolute Gasteiger partial charge is 0.264 e. The molecule has 0 saturated heterocycles. The highest BCUT2D eigenvalue weighted by molar-refractivity contribution is 6.37. The lowest BCUT2D eigenvalue weighted by atomic mass is 9.89. The first-order valence-electron chi connectivity index (χ1n) is 12.9. The molecule has 0 bridgehead atoms. The fourth-order valence-corrected chi connectivity index (χ4v) is 5.79. The number of rotatable bonds is 5. The van der Waals surface area contributed by atoms with Crippen LogP contribution in [0.15, 0.2) is 57.8 Å². The molecule has 0 radical (unpaired) electrons. The summed E-state index contributed by atoms with van der Waals surface area (Å²) in [7, 11) is 0. The standard InChI is InChI=1S/C29H33ClN4O3/c1-17-23-26(33-37-17)24-21(30)14-9-15-22(24)34(28(23)36)20-13-8-12-19(16-20)31-27(35)25(32-29(2,3)4)18-10-6-5-7-11-18/h5-7,9-11,14-15,19-20,25,32H,8,12-13,16H2,1-4H3,(H,31,35)/t19-,20+,25-/m1/s1. The van der Waals surface area contributed by atoms with Crippen LogP contribution >= 0.6 is 11.6 Å². The van der Waals surface area contributed by atoms with Crippen molar-refractivity contribution in [3.8, 4) is 0 Å². The summed E-state index contributed by atoms with van der Waals surface area (Å²) in [5.74, 6) is 0.424. The quantitative estimate of drug-likeness (QED) is 0.345. The molecule has 3 atom stereocenters. The van der Waals surface area contributed by atoms with Crippen molar-refractivity contribution in [1.29, 1.82) is 0 Å². The Bertz CT molecular complexity index is 1500. The van der Waals surface area contributed by atoms with E-state index < -0.39 is 6.04 Å². The van der Waals surface area contributed by atoms with Gasteiger partial charge in [0.1, 0.15) is 22.7 Å². The summed E-state index contributed by atoms with van der Waals surface area (Å²) in [6.45, 7) is 7.91. The Balaban J connectivity index is 1.47. The molecular formula is C29H33ClN4O3. The van der Waals surface area contributed by atoms with Crippen LogP contribution in [-0.2, 0) is 4.79 Å². The molecule has 2 aromatic carbocycles. The predicted molar refractivity (Wildman–Crippen MR) is 147 cm³/mol. The van der Waals surface area contributed by atoms with Gasteiger partial charge in [-0.3, -0.25) is 14.9 Å². The van der Waals surface area contributed by atoms with Gasteiger partial charge in [0, 0.05) is 23.0 Å². The molecule has 0 aliphatic heterocycles. The maximum Gasteiger partial charge on any atom is 0.264 e. The number of amides is 1. The van der Waals surface area contributed by atoms with E-state index in [1.807, 2.05) is 47.0 Å². The van der Waals surface area contributed by atoms with Crippen LogP contribution in [0.4, 0.5) is 0 Å². The summed E-state index contributed by atoms with van der Waals surface area (Å²) in [6, 6.07) is 14.7. The summed E-state index contributed by atoms with van der Waals surface area (Å²) in [4.78, 5) is 27.3. The molecule has 2 N–H and O–H groups in total. The second-order valence-corrected chi connectivity index (χ2v) is 11.4. The van der Waals surface area contributed by atoms with Crippen LogP contribution < -0.4 is 16.2 Å². The highest BCUT2D eigenvalue weighted by Gasteiger charge is 2.31. The van der Waals surface area contributed by atoms with E-state index in [0.29, 0.717) is 28.1 Å². The third-order valence-corrected chi connectivity index (χ3v) is 7.43. The van der Waals surface area contributed by atoms with Gasteiger partial charge in [-0.15, -0.1) is 0 Å². The molecule has 2 heterocycles. The topological polar surface area (TPSA) is 89.2 Å². The minimum atomic E-state index is -0.472. The third-order valence-electron chi connectivity index (χ3n) is 7.11. The van der Waals surface area contributed by atoms with Gasteiger partial charge in [-0.25, -0.2) is 0 Å². The van der Waals surface area contributed by atoms with Crippen molar-refractivity contribution in [2.45, 2.75) is 77.0 Å². The number of nitrogens with one attached hydrogen (secondary N) is 2. The average molecular weight is 521 g/mol. The third kappa shape index (κ3) is 5.03.